The molecule has 6 atom stereocenters. The Hall–Kier alpha value is -2.38. The second-order valence-corrected chi connectivity index (χ2v) is 9.83. The molecule has 2 bridgehead atoms. The lowest BCUT2D eigenvalue weighted by molar-refractivity contribution is -0.153. The number of carbonyl (C=O) groups is 2. The van der Waals surface area contributed by atoms with Gasteiger partial charge in [-0.05, 0) is 44.5 Å². The van der Waals surface area contributed by atoms with E-state index in [-0.39, 0.29) is 35.7 Å². The van der Waals surface area contributed by atoms with Gasteiger partial charge in [0.2, 0.25) is 0 Å². The van der Waals surface area contributed by atoms with Crippen molar-refractivity contribution < 1.29 is 28.5 Å². The van der Waals surface area contributed by atoms with Crippen LogP contribution in [-0.4, -0.2) is 61.4 Å². The number of ether oxygens (including phenoxy) is 4. The summed E-state index contributed by atoms with van der Waals surface area (Å²) in [6.07, 6.45) is 7.22. The van der Waals surface area contributed by atoms with Crippen LogP contribution in [0.3, 0.4) is 0 Å². The van der Waals surface area contributed by atoms with Crippen LogP contribution in [0.2, 0.25) is 0 Å². The van der Waals surface area contributed by atoms with Crippen molar-refractivity contribution in [1.82, 2.24) is 4.90 Å². The van der Waals surface area contributed by atoms with Crippen LogP contribution in [0.1, 0.15) is 51.2 Å². The van der Waals surface area contributed by atoms with Gasteiger partial charge in [-0.2, -0.15) is 0 Å². The van der Waals surface area contributed by atoms with E-state index in [1.807, 2.05) is 6.07 Å². The van der Waals surface area contributed by atoms with Gasteiger partial charge in [0.15, 0.2) is 11.5 Å². The van der Waals surface area contributed by atoms with Crippen LogP contribution < -0.4 is 9.47 Å². The van der Waals surface area contributed by atoms with Crippen LogP contribution >= 0.6 is 0 Å². The summed E-state index contributed by atoms with van der Waals surface area (Å²) in [5, 5.41) is 0. The van der Waals surface area contributed by atoms with E-state index in [4.69, 9.17) is 18.9 Å². The van der Waals surface area contributed by atoms with Crippen molar-refractivity contribution in [2.75, 3.05) is 20.2 Å². The molecular weight excluding hydrogens is 422 g/mol. The Balaban J connectivity index is 1.51. The number of likely N-dealkylation sites (N-methyl/N-ethyl adjacent to an activating group) is 1. The lowest BCUT2D eigenvalue weighted by Gasteiger charge is -2.56. The van der Waals surface area contributed by atoms with E-state index in [0.717, 1.165) is 32.2 Å². The van der Waals surface area contributed by atoms with Crippen LogP contribution in [-0.2, 0) is 30.9 Å². The fraction of sp³-hybridized carbons (Fsp3) is 0.615. The van der Waals surface area contributed by atoms with Gasteiger partial charge in [-0.25, -0.2) is 0 Å². The molecule has 0 saturated carbocycles. The first-order chi connectivity index (χ1) is 15.8. The molecule has 1 spiro atoms. The molecule has 1 saturated heterocycles. The fourth-order valence-corrected chi connectivity index (χ4v) is 6.54. The molecule has 4 aliphatic rings. The lowest BCUT2D eigenvalue weighted by Crippen LogP contribution is -2.65. The molecule has 0 amide bonds. The molecule has 5 rings (SSSR count). The number of carbonyl (C=O) groups excluding carboxylic acids is 2. The molecule has 1 aromatic carbocycles. The normalized spacial score (nSPS) is 32.0. The molecule has 7 heteroatoms. The topological polar surface area (TPSA) is 74.3 Å². The number of hydrogen-bond acceptors (Lipinski definition) is 7. The molecule has 7 nitrogen and oxygen atoms in total. The minimum Gasteiger partial charge on any atom is -0.482 e. The first-order valence-electron chi connectivity index (χ1n) is 12.0. The predicted molar refractivity (Wildman–Crippen MR) is 121 cm³/mol. The van der Waals surface area contributed by atoms with E-state index in [1.54, 1.807) is 0 Å². The van der Waals surface area contributed by atoms with Crippen molar-refractivity contribution in [3.05, 3.63) is 35.4 Å². The highest BCUT2D eigenvalue weighted by molar-refractivity contribution is 5.72. The minimum absolute atomic E-state index is 0.211. The molecule has 0 radical (unpaired) electrons. The molecule has 1 unspecified atom stereocenters. The van der Waals surface area contributed by atoms with Gasteiger partial charge >= 0.3 is 11.9 Å². The smallest absolute Gasteiger partial charge is 0.308 e. The van der Waals surface area contributed by atoms with Crippen molar-refractivity contribution in [1.29, 1.82) is 0 Å². The summed E-state index contributed by atoms with van der Waals surface area (Å²) in [4.78, 5) is 25.8. The van der Waals surface area contributed by atoms with Crippen LogP contribution in [0.15, 0.2) is 24.3 Å². The van der Waals surface area contributed by atoms with E-state index < -0.39 is 0 Å². The molecule has 0 N–H and O–H groups in total. The number of esters is 2. The van der Waals surface area contributed by atoms with Crippen LogP contribution in [0.5, 0.6) is 11.5 Å². The molecule has 1 fully saturated rings. The third-order valence-electron chi connectivity index (χ3n) is 7.79. The van der Waals surface area contributed by atoms with Gasteiger partial charge in [0.25, 0.3) is 0 Å². The average Bonchev–Trinajstić information content (AvgIpc) is 3.11. The van der Waals surface area contributed by atoms with Crippen molar-refractivity contribution in [2.45, 2.75) is 76.2 Å². The van der Waals surface area contributed by atoms with Gasteiger partial charge in [0, 0.05) is 36.8 Å². The first-order valence-corrected chi connectivity index (χ1v) is 12.0. The van der Waals surface area contributed by atoms with E-state index >= 15 is 0 Å². The maximum Gasteiger partial charge on any atom is 0.308 e. The summed E-state index contributed by atoms with van der Waals surface area (Å²) in [6.45, 7) is 6.21. The zero-order valence-corrected chi connectivity index (χ0v) is 19.8. The Morgan fingerprint density at radius 1 is 1.24 bits per heavy atom. The molecule has 2 aliphatic carbocycles. The highest BCUT2D eigenvalue weighted by Gasteiger charge is 2.64. The van der Waals surface area contributed by atoms with Gasteiger partial charge in [-0.3, -0.25) is 9.59 Å². The van der Waals surface area contributed by atoms with E-state index in [9.17, 15) is 9.59 Å². The largest absolute Gasteiger partial charge is 0.482 e. The number of nitrogens with zero attached hydrogens (tertiary/aromatic N) is 1. The average molecular weight is 456 g/mol. The maximum absolute atomic E-state index is 11.8. The Morgan fingerprint density at radius 2 is 2.06 bits per heavy atom. The summed E-state index contributed by atoms with van der Waals surface area (Å²) in [5.74, 6) is 0.847. The van der Waals surface area contributed by atoms with Gasteiger partial charge in [-0.1, -0.05) is 31.6 Å². The summed E-state index contributed by atoms with van der Waals surface area (Å²) in [5.41, 5.74) is 2.26. The van der Waals surface area contributed by atoms with Gasteiger partial charge in [0.05, 0.1) is 6.61 Å². The number of likely N-dealkylation sites (tertiary alicyclic amines) is 1. The first kappa shape index (κ1) is 22.4. The van der Waals surface area contributed by atoms with E-state index in [1.165, 1.54) is 25.0 Å². The lowest BCUT2D eigenvalue weighted by atomic mass is 9.53. The monoisotopic (exact) mass is 455 g/mol. The Kier molecular flexibility index (Phi) is 5.73. The third kappa shape index (κ3) is 3.56. The quantitative estimate of drug-likeness (QED) is 0.355. The molecular formula is C26H33NO6. The van der Waals surface area contributed by atoms with Crippen molar-refractivity contribution in [3.8, 4) is 11.5 Å². The zero-order valence-electron chi connectivity index (χ0n) is 19.8. The molecule has 1 aromatic rings. The molecule has 2 heterocycles. The minimum atomic E-state index is -0.356. The van der Waals surface area contributed by atoms with E-state index in [2.05, 4.69) is 37.1 Å². The highest BCUT2D eigenvalue weighted by atomic mass is 16.6. The van der Waals surface area contributed by atoms with Gasteiger partial charge in [0.1, 0.15) is 18.3 Å². The Bertz CT molecular complexity index is 989. The highest BCUT2D eigenvalue weighted by Crippen LogP contribution is 2.62. The summed E-state index contributed by atoms with van der Waals surface area (Å²) >= 11 is 0. The molecule has 0 aromatic heterocycles. The number of piperidine rings is 1. The van der Waals surface area contributed by atoms with Crippen LogP contribution in [0.4, 0.5) is 0 Å². The Labute approximate surface area is 195 Å². The number of rotatable bonds is 7. The summed E-state index contributed by atoms with van der Waals surface area (Å²) < 4.78 is 24.1. The van der Waals surface area contributed by atoms with E-state index in [0.29, 0.717) is 30.1 Å². The van der Waals surface area contributed by atoms with Crippen molar-refractivity contribution in [3.63, 3.8) is 0 Å². The van der Waals surface area contributed by atoms with Gasteiger partial charge in [-0.15, -0.1) is 0 Å². The Morgan fingerprint density at radius 3 is 2.79 bits per heavy atom. The zero-order chi connectivity index (χ0) is 23.3. The second kappa shape index (κ2) is 8.44. The summed E-state index contributed by atoms with van der Waals surface area (Å²) in [7, 11) is 2.20. The molecule has 178 valence electrons. The predicted octanol–water partition coefficient (Wildman–Crippen LogP) is 3.17. The van der Waals surface area contributed by atoms with Crippen molar-refractivity contribution >= 4 is 11.9 Å². The third-order valence-corrected chi connectivity index (χ3v) is 7.79. The number of hydrogen-bond donors (Lipinski definition) is 0. The van der Waals surface area contributed by atoms with Crippen LogP contribution in [0, 0.1) is 5.92 Å². The summed E-state index contributed by atoms with van der Waals surface area (Å²) in [6, 6.07) is 4.36. The molecule has 2 aliphatic heterocycles. The fourth-order valence-electron chi connectivity index (χ4n) is 6.54. The number of benzene rings is 1. The van der Waals surface area contributed by atoms with Gasteiger partial charge < -0.3 is 23.8 Å². The SMILES string of the molecule is CCCC(CO[C@H]1C=C[C@H]2[C@H]3Cc4ccc(OC(C)=O)c5c4[C@@]2(CCN3C)[C@H]1O5)OC(C)=O. The van der Waals surface area contributed by atoms with Crippen LogP contribution in [0.25, 0.3) is 0 Å². The standard InChI is InChI=1S/C26H33NO6/c1-5-6-18(31-15(2)28)14-30-22-10-8-19-20-13-17-7-9-21(32-16(3)29)24-23(17)26(19,25(22)33-24)11-12-27(20)4/h7-10,18-20,22,25H,5-6,11-14H2,1-4H3/t18?,19-,20+,22-,25-,26-/m0/s1. The second-order valence-electron chi connectivity index (χ2n) is 9.83. The maximum atomic E-state index is 11.8. The van der Waals surface area contributed by atoms with Crippen molar-refractivity contribution in [2.24, 2.45) is 5.92 Å². The molecule has 33 heavy (non-hydrogen) atoms.